The lowest BCUT2D eigenvalue weighted by atomic mass is 10.2. The Balaban J connectivity index is 2.46. The fraction of sp³-hybridized carbons (Fsp3) is 0.615. The number of hydrogen-bond donors (Lipinski definition) is 0. The van der Waals surface area contributed by atoms with Gasteiger partial charge >= 0.3 is 10.8 Å². The molecule has 1 aromatic rings. The molecule has 0 spiro atoms. The van der Waals surface area contributed by atoms with Crippen molar-refractivity contribution in [3.63, 3.8) is 0 Å². The first kappa shape index (κ1) is 16.4. The summed E-state index contributed by atoms with van der Waals surface area (Å²) in [7, 11) is 1.30. The average Bonchev–Trinajstić information content (AvgIpc) is 2.75. The van der Waals surface area contributed by atoms with Gasteiger partial charge in [0.2, 0.25) is 5.91 Å². The lowest BCUT2D eigenvalue weighted by molar-refractivity contribution is -0.146. The standard InChI is InChI=1S/C13H20N2O4S/c1-4-14(8-12(17)19-3)11(16)6-5-7-15-10(2)9-20-13(15)18/h9H,4-8H2,1-3H3. The molecule has 0 bridgehead atoms. The fourth-order valence-corrected chi connectivity index (χ4v) is 2.58. The van der Waals surface area contributed by atoms with Gasteiger partial charge in [-0.25, -0.2) is 0 Å². The van der Waals surface area contributed by atoms with Crippen molar-refractivity contribution in [2.24, 2.45) is 0 Å². The van der Waals surface area contributed by atoms with Gasteiger partial charge in [0, 0.05) is 30.6 Å². The normalized spacial score (nSPS) is 10.3. The number of aryl methyl sites for hydroxylation is 1. The number of likely N-dealkylation sites (N-methyl/N-ethyl adjacent to an activating group) is 1. The highest BCUT2D eigenvalue weighted by Crippen LogP contribution is 2.04. The van der Waals surface area contributed by atoms with Crippen molar-refractivity contribution < 1.29 is 14.3 Å². The van der Waals surface area contributed by atoms with Gasteiger partial charge in [-0.15, -0.1) is 0 Å². The van der Waals surface area contributed by atoms with Gasteiger partial charge in [0.1, 0.15) is 6.54 Å². The molecule has 0 fully saturated rings. The van der Waals surface area contributed by atoms with Gasteiger partial charge in [0.15, 0.2) is 0 Å². The molecular formula is C13H20N2O4S. The minimum atomic E-state index is -0.426. The maximum atomic E-state index is 12.0. The van der Waals surface area contributed by atoms with E-state index < -0.39 is 5.97 Å². The third-order valence-electron chi connectivity index (χ3n) is 3.03. The molecule has 1 aromatic heterocycles. The molecule has 0 N–H and O–H groups in total. The Labute approximate surface area is 122 Å². The summed E-state index contributed by atoms with van der Waals surface area (Å²) in [5.74, 6) is -0.524. The fourth-order valence-electron chi connectivity index (χ4n) is 1.82. The molecule has 7 heteroatoms. The largest absolute Gasteiger partial charge is 0.468 e. The van der Waals surface area contributed by atoms with Crippen molar-refractivity contribution in [2.75, 3.05) is 20.2 Å². The van der Waals surface area contributed by atoms with Gasteiger partial charge < -0.3 is 14.2 Å². The summed E-state index contributed by atoms with van der Waals surface area (Å²) in [6.45, 7) is 4.65. The predicted molar refractivity (Wildman–Crippen MR) is 76.8 cm³/mol. The number of esters is 1. The smallest absolute Gasteiger partial charge is 0.325 e. The number of ether oxygens (including phenoxy) is 1. The summed E-state index contributed by atoms with van der Waals surface area (Å²) in [6, 6.07) is 0. The number of methoxy groups -OCH3 is 1. The number of nitrogens with zero attached hydrogens (tertiary/aromatic N) is 2. The van der Waals surface area contributed by atoms with E-state index in [2.05, 4.69) is 4.74 Å². The lowest BCUT2D eigenvalue weighted by Gasteiger charge is -2.19. The van der Waals surface area contributed by atoms with Crippen molar-refractivity contribution in [3.8, 4) is 0 Å². The van der Waals surface area contributed by atoms with Gasteiger partial charge in [0.05, 0.1) is 7.11 Å². The molecule has 0 radical (unpaired) electrons. The van der Waals surface area contributed by atoms with E-state index >= 15 is 0 Å². The van der Waals surface area contributed by atoms with E-state index in [-0.39, 0.29) is 17.3 Å². The molecule has 0 atom stereocenters. The minimum Gasteiger partial charge on any atom is -0.468 e. The SMILES string of the molecule is CCN(CC(=O)OC)C(=O)CCCn1c(C)csc1=O. The van der Waals surface area contributed by atoms with Crippen LogP contribution in [0.5, 0.6) is 0 Å². The van der Waals surface area contributed by atoms with Gasteiger partial charge in [-0.2, -0.15) is 0 Å². The quantitative estimate of drug-likeness (QED) is 0.705. The highest BCUT2D eigenvalue weighted by molar-refractivity contribution is 7.07. The van der Waals surface area contributed by atoms with Gasteiger partial charge in [-0.1, -0.05) is 11.3 Å². The van der Waals surface area contributed by atoms with Crippen LogP contribution in [0.3, 0.4) is 0 Å². The zero-order chi connectivity index (χ0) is 15.1. The molecule has 0 aliphatic carbocycles. The van der Waals surface area contributed by atoms with Crippen LogP contribution in [0.2, 0.25) is 0 Å². The number of amides is 1. The Kier molecular flexibility index (Phi) is 6.44. The van der Waals surface area contributed by atoms with Crippen LogP contribution in [0.1, 0.15) is 25.5 Å². The zero-order valence-corrected chi connectivity index (χ0v) is 12.9. The summed E-state index contributed by atoms with van der Waals surface area (Å²) in [5, 5.41) is 1.81. The van der Waals surface area contributed by atoms with E-state index in [1.807, 2.05) is 13.8 Å². The number of carbonyl (C=O) groups is 2. The molecule has 0 saturated heterocycles. The predicted octanol–water partition coefficient (Wildman–Crippen LogP) is 1.02. The minimum absolute atomic E-state index is 0.00291. The third kappa shape index (κ3) is 4.48. The summed E-state index contributed by atoms with van der Waals surface area (Å²) in [5.41, 5.74) is 0.911. The van der Waals surface area contributed by atoms with E-state index in [0.717, 1.165) is 17.0 Å². The second kappa shape index (κ2) is 7.84. The van der Waals surface area contributed by atoms with Crippen LogP contribution in [0.25, 0.3) is 0 Å². The summed E-state index contributed by atoms with van der Waals surface area (Å²) >= 11 is 1.16. The first-order chi connectivity index (χ1) is 9.49. The lowest BCUT2D eigenvalue weighted by Crippen LogP contribution is -2.36. The van der Waals surface area contributed by atoms with E-state index in [1.165, 1.54) is 12.0 Å². The summed E-state index contributed by atoms with van der Waals surface area (Å²) in [4.78, 5) is 36.1. The van der Waals surface area contributed by atoms with Gasteiger partial charge in [-0.05, 0) is 20.3 Å². The van der Waals surface area contributed by atoms with Crippen molar-refractivity contribution in [1.29, 1.82) is 0 Å². The van der Waals surface area contributed by atoms with Gasteiger partial charge in [0.25, 0.3) is 0 Å². The van der Waals surface area contributed by atoms with Crippen LogP contribution in [0, 0.1) is 6.92 Å². The molecule has 1 heterocycles. The summed E-state index contributed by atoms with van der Waals surface area (Å²) in [6.07, 6.45) is 0.889. The monoisotopic (exact) mass is 300 g/mol. The first-order valence-electron chi connectivity index (χ1n) is 6.49. The van der Waals surface area contributed by atoms with Crippen molar-refractivity contribution in [2.45, 2.75) is 33.2 Å². The zero-order valence-electron chi connectivity index (χ0n) is 12.0. The topological polar surface area (TPSA) is 68.6 Å². The van der Waals surface area contributed by atoms with Crippen molar-refractivity contribution >= 4 is 23.2 Å². The highest BCUT2D eigenvalue weighted by atomic mass is 32.1. The second-order valence-electron chi connectivity index (χ2n) is 4.38. The van der Waals surface area contributed by atoms with Crippen LogP contribution in [-0.2, 0) is 20.9 Å². The van der Waals surface area contributed by atoms with Crippen molar-refractivity contribution in [1.82, 2.24) is 9.47 Å². The van der Waals surface area contributed by atoms with Crippen LogP contribution in [-0.4, -0.2) is 41.5 Å². The molecule has 0 aliphatic heterocycles. The number of aromatic nitrogens is 1. The maximum absolute atomic E-state index is 12.0. The van der Waals surface area contributed by atoms with Crippen LogP contribution >= 0.6 is 11.3 Å². The molecule has 1 rings (SSSR count). The van der Waals surface area contributed by atoms with Gasteiger partial charge in [-0.3, -0.25) is 14.4 Å². The van der Waals surface area contributed by atoms with Crippen LogP contribution in [0.15, 0.2) is 10.2 Å². The Bertz CT molecular complexity index is 521. The Morgan fingerprint density at radius 3 is 2.65 bits per heavy atom. The number of rotatable bonds is 7. The highest BCUT2D eigenvalue weighted by Gasteiger charge is 2.15. The average molecular weight is 300 g/mol. The maximum Gasteiger partial charge on any atom is 0.325 e. The summed E-state index contributed by atoms with van der Waals surface area (Å²) < 4.78 is 6.21. The molecule has 6 nitrogen and oxygen atoms in total. The molecule has 0 unspecified atom stereocenters. The Hall–Kier alpha value is -1.63. The molecule has 0 aliphatic rings. The van der Waals surface area contributed by atoms with E-state index in [9.17, 15) is 14.4 Å². The van der Waals surface area contributed by atoms with E-state index in [1.54, 1.807) is 9.95 Å². The number of hydrogen-bond acceptors (Lipinski definition) is 5. The second-order valence-corrected chi connectivity index (χ2v) is 5.20. The van der Waals surface area contributed by atoms with E-state index in [4.69, 9.17) is 0 Å². The first-order valence-corrected chi connectivity index (χ1v) is 7.37. The molecular weight excluding hydrogens is 280 g/mol. The van der Waals surface area contributed by atoms with E-state index in [0.29, 0.717) is 25.9 Å². The molecule has 0 aromatic carbocycles. The van der Waals surface area contributed by atoms with Crippen LogP contribution in [0.4, 0.5) is 0 Å². The molecule has 112 valence electrons. The Morgan fingerprint density at radius 1 is 1.45 bits per heavy atom. The number of carbonyl (C=O) groups excluding carboxylic acids is 2. The molecule has 1 amide bonds. The Morgan fingerprint density at radius 2 is 2.15 bits per heavy atom. The molecule has 20 heavy (non-hydrogen) atoms. The van der Waals surface area contributed by atoms with Crippen molar-refractivity contribution in [3.05, 3.63) is 20.7 Å². The number of thiazole rings is 1. The third-order valence-corrected chi connectivity index (χ3v) is 3.91. The van der Waals surface area contributed by atoms with Crippen LogP contribution < -0.4 is 4.87 Å². The molecule has 0 saturated carbocycles.